The Morgan fingerprint density at radius 1 is 1.06 bits per heavy atom. The van der Waals surface area contributed by atoms with Crippen LogP contribution in [-0.2, 0) is 30.8 Å². The van der Waals surface area contributed by atoms with Crippen LogP contribution in [0.3, 0.4) is 0 Å². The molecule has 10 nitrogen and oxygen atoms in total. The van der Waals surface area contributed by atoms with Crippen LogP contribution in [-0.4, -0.2) is 72.4 Å². The molecule has 1 N–H and O–H groups in total. The third-order valence-electron chi connectivity index (χ3n) is 11.9. The Bertz CT molecular complexity index is 1830. The van der Waals surface area contributed by atoms with Crippen LogP contribution in [0.1, 0.15) is 87.7 Å². The van der Waals surface area contributed by atoms with Gasteiger partial charge in [0.1, 0.15) is 6.04 Å². The highest BCUT2D eigenvalue weighted by atomic mass is 28.4. The minimum atomic E-state index is -2.04. The Morgan fingerprint density at radius 2 is 1.79 bits per heavy atom. The monoisotopic (exact) mass is 669 g/mol. The van der Waals surface area contributed by atoms with Crippen molar-refractivity contribution in [1.29, 1.82) is 0 Å². The number of rotatable bonds is 8. The topological polar surface area (TPSA) is 114 Å². The summed E-state index contributed by atoms with van der Waals surface area (Å²) in [4.78, 5) is 55.0. The first-order valence-electron chi connectivity index (χ1n) is 17.3. The lowest BCUT2D eigenvalue weighted by Gasteiger charge is -2.45. The van der Waals surface area contributed by atoms with Crippen LogP contribution < -0.4 is 10.2 Å². The van der Waals surface area contributed by atoms with Crippen LogP contribution in [0.5, 0.6) is 0 Å². The van der Waals surface area contributed by atoms with E-state index in [-0.39, 0.29) is 40.1 Å². The first-order valence-corrected chi connectivity index (χ1v) is 20.2. The average molecular weight is 670 g/mol. The van der Waals surface area contributed by atoms with E-state index in [1.165, 1.54) is 0 Å². The molecule has 1 aliphatic carbocycles. The van der Waals surface area contributed by atoms with Crippen molar-refractivity contribution >= 4 is 48.4 Å². The molecule has 2 aromatic carbocycles. The van der Waals surface area contributed by atoms with Crippen LogP contribution in [0.25, 0.3) is 10.8 Å². The fourth-order valence-electron chi connectivity index (χ4n) is 7.27. The number of carbonyl (C=O) groups excluding carboxylic acids is 4. The van der Waals surface area contributed by atoms with E-state index in [9.17, 15) is 19.2 Å². The van der Waals surface area contributed by atoms with Gasteiger partial charge in [-0.2, -0.15) is 5.10 Å². The summed E-state index contributed by atoms with van der Waals surface area (Å²) in [7, 11) is -2.04. The second kappa shape index (κ2) is 11.4. The van der Waals surface area contributed by atoms with Gasteiger partial charge in [0.25, 0.3) is 5.91 Å². The maximum Gasteiger partial charge on any atom is 0.259 e. The molecule has 0 bridgehead atoms. The van der Waals surface area contributed by atoms with Crippen molar-refractivity contribution in [3.8, 4) is 0 Å². The lowest BCUT2D eigenvalue weighted by atomic mass is 9.87. The van der Waals surface area contributed by atoms with Crippen LogP contribution >= 0.6 is 0 Å². The Hall–Kier alpha value is -3.83. The first kappa shape index (κ1) is 32.7. The summed E-state index contributed by atoms with van der Waals surface area (Å²) >= 11 is 0. The molecule has 3 fully saturated rings. The third kappa shape index (κ3) is 5.48. The number of nitrogens with zero attached hydrogens (tertiary/aromatic N) is 4. The lowest BCUT2D eigenvalue weighted by molar-refractivity contribution is -0.139. The summed E-state index contributed by atoms with van der Waals surface area (Å²) in [6, 6.07) is 9.00. The predicted octanol–water partition coefficient (Wildman–Crippen LogP) is 5.53. The number of hydrogen-bond donors (Lipinski definition) is 1. The van der Waals surface area contributed by atoms with Gasteiger partial charge in [-0.1, -0.05) is 45.9 Å². The van der Waals surface area contributed by atoms with Gasteiger partial charge in [0.15, 0.2) is 8.32 Å². The Labute approximate surface area is 283 Å². The first-order chi connectivity index (χ1) is 22.6. The third-order valence-corrected chi connectivity index (χ3v) is 16.3. The van der Waals surface area contributed by atoms with Gasteiger partial charge in [-0.15, -0.1) is 0 Å². The molecule has 1 atom stereocenters. The second-order valence-electron chi connectivity index (χ2n) is 16.2. The number of anilines is 1. The average Bonchev–Trinajstić information content (AvgIpc) is 3.50. The van der Waals surface area contributed by atoms with Gasteiger partial charge in [0, 0.05) is 48.5 Å². The van der Waals surface area contributed by atoms with E-state index in [1.54, 1.807) is 4.90 Å². The van der Waals surface area contributed by atoms with Crippen molar-refractivity contribution in [2.45, 2.75) is 102 Å². The number of nitrogens with one attached hydrogen (secondary N) is 1. The van der Waals surface area contributed by atoms with Gasteiger partial charge in [-0.05, 0) is 78.9 Å². The largest absolute Gasteiger partial charge is 0.414 e. The van der Waals surface area contributed by atoms with E-state index in [1.807, 2.05) is 41.4 Å². The van der Waals surface area contributed by atoms with Gasteiger partial charge >= 0.3 is 0 Å². The van der Waals surface area contributed by atoms with Gasteiger partial charge in [-0.25, -0.2) is 0 Å². The number of likely N-dealkylation sites (tertiary alicyclic amines) is 1. The normalized spacial score (nSPS) is 22.0. The van der Waals surface area contributed by atoms with Crippen molar-refractivity contribution in [3.63, 3.8) is 0 Å². The Morgan fingerprint density at radius 3 is 2.46 bits per heavy atom. The standard InChI is InChI=1S/C37H47N5O5Si/c1-35(2,3)48(5,6)47-23-37(16-18-40(19-17-37)34(46)36(4)14-15-36)41-22-24(21-38-41)20-25-10-11-28-31-26(25)8-7-9-27(31)33(45)42(28)29-12-13-30(43)39-32(29)44/h7-11,21-22,29H,12-20,23H2,1-6H3,(H,39,43,44). The van der Waals surface area contributed by atoms with Gasteiger partial charge < -0.3 is 9.33 Å². The van der Waals surface area contributed by atoms with Crippen molar-refractivity contribution in [2.75, 3.05) is 24.6 Å². The molecule has 0 radical (unpaired) electrons. The molecule has 4 aliphatic rings. The molecule has 3 aliphatic heterocycles. The minimum Gasteiger partial charge on any atom is -0.414 e. The van der Waals surface area contributed by atoms with Crippen molar-refractivity contribution < 1.29 is 23.6 Å². The predicted molar refractivity (Wildman–Crippen MR) is 186 cm³/mol. The van der Waals surface area contributed by atoms with E-state index in [0.717, 1.165) is 47.6 Å². The van der Waals surface area contributed by atoms with Gasteiger partial charge in [-0.3, -0.25) is 34.1 Å². The van der Waals surface area contributed by atoms with Crippen LogP contribution in [0.2, 0.25) is 18.1 Å². The molecule has 0 spiro atoms. The zero-order valence-electron chi connectivity index (χ0n) is 29.0. The van der Waals surface area contributed by atoms with E-state index in [0.29, 0.717) is 43.8 Å². The van der Waals surface area contributed by atoms with E-state index >= 15 is 0 Å². The Balaban J connectivity index is 1.16. The molecule has 3 aromatic rings. The molecular weight excluding hydrogens is 623 g/mol. The fraction of sp³-hybridized carbons (Fsp3) is 0.541. The van der Waals surface area contributed by atoms with Crippen molar-refractivity contribution in [2.24, 2.45) is 5.41 Å². The number of benzene rings is 2. The highest BCUT2D eigenvalue weighted by molar-refractivity contribution is 6.74. The maximum absolute atomic E-state index is 13.6. The summed E-state index contributed by atoms with van der Waals surface area (Å²) in [5.74, 6) is -0.662. The number of imide groups is 1. The molecule has 4 heterocycles. The molecule has 48 heavy (non-hydrogen) atoms. The number of aromatic nitrogens is 2. The molecule has 254 valence electrons. The van der Waals surface area contributed by atoms with Crippen molar-refractivity contribution in [1.82, 2.24) is 20.0 Å². The van der Waals surface area contributed by atoms with Crippen LogP contribution in [0.4, 0.5) is 5.69 Å². The van der Waals surface area contributed by atoms with E-state index < -0.39 is 20.3 Å². The summed E-state index contributed by atoms with van der Waals surface area (Å²) in [6.45, 7) is 15.4. The van der Waals surface area contributed by atoms with Crippen molar-refractivity contribution in [3.05, 3.63) is 59.4 Å². The molecule has 1 saturated carbocycles. The maximum atomic E-state index is 13.6. The highest BCUT2D eigenvalue weighted by Crippen LogP contribution is 2.48. The summed E-state index contributed by atoms with van der Waals surface area (Å²) in [5.41, 5.74) is 2.87. The fourth-order valence-corrected chi connectivity index (χ4v) is 8.33. The molecule has 1 aromatic heterocycles. The van der Waals surface area contributed by atoms with E-state index in [4.69, 9.17) is 9.52 Å². The Kier molecular flexibility index (Phi) is 7.75. The molecule has 4 amide bonds. The molecule has 11 heteroatoms. The number of piperidine rings is 2. The number of hydrogen-bond acceptors (Lipinski definition) is 6. The highest BCUT2D eigenvalue weighted by Gasteiger charge is 2.50. The summed E-state index contributed by atoms with van der Waals surface area (Å²) in [6.07, 6.45) is 8.72. The molecular formula is C37H47N5O5Si. The molecule has 1 unspecified atom stereocenters. The summed E-state index contributed by atoms with van der Waals surface area (Å²) in [5, 5.41) is 9.23. The van der Waals surface area contributed by atoms with Gasteiger partial charge in [0.05, 0.1) is 24.0 Å². The van der Waals surface area contributed by atoms with Gasteiger partial charge in [0.2, 0.25) is 17.7 Å². The minimum absolute atomic E-state index is 0.0750. The smallest absolute Gasteiger partial charge is 0.259 e. The zero-order valence-corrected chi connectivity index (χ0v) is 30.0. The quantitative estimate of drug-likeness (QED) is 0.249. The second-order valence-corrected chi connectivity index (χ2v) is 21.0. The van der Waals surface area contributed by atoms with Crippen LogP contribution in [0, 0.1) is 5.41 Å². The SMILES string of the molecule is CC1(C(=O)N2CCC(CO[Si](C)(C)C(C)(C)C)(n3cc(Cc4ccc5c6c(cccc46)C(=O)N5C4CCC(=O)NC4=O)cn3)CC2)CC1. The number of carbonyl (C=O) groups is 4. The molecule has 7 rings (SSSR count). The summed E-state index contributed by atoms with van der Waals surface area (Å²) < 4.78 is 8.96. The van der Waals surface area contributed by atoms with E-state index in [2.05, 4.69) is 57.0 Å². The van der Waals surface area contributed by atoms with Crippen LogP contribution in [0.15, 0.2) is 42.7 Å². The number of amides is 4. The lowest BCUT2D eigenvalue weighted by Crippen LogP contribution is -2.54. The zero-order chi connectivity index (χ0) is 34.2. The molecule has 2 saturated heterocycles.